The maximum absolute atomic E-state index is 4.58. The average molecular weight is 285 g/mol. The molecule has 21 heavy (non-hydrogen) atoms. The molecule has 5 nitrogen and oxygen atoms in total. The molecule has 0 aromatic carbocycles. The van der Waals surface area contributed by atoms with Crippen molar-refractivity contribution in [3.05, 3.63) is 30.5 Å². The molecule has 1 atom stereocenters. The second-order valence-corrected chi connectivity index (χ2v) is 6.11. The highest BCUT2D eigenvalue weighted by Crippen LogP contribution is 2.19. The number of hydrogen-bond donors (Lipinski definition) is 1. The maximum atomic E-state index is 4.58. The van der Waals surface area contributed by atoms with E-state index in [9.17, 15) is 0 Å². The van der Waals surface area contributed by atoms with Gasteiger partial charge in [-0.05, 0) is 52.1 Å². The first-order valence-electron chi connectivity index (χ1n) is 7.78. The molecule has 1 saturated heterocycles. The van der Waals surface area contributed by atoms with Crippen molar-refractivity contribution in [2.24, 2.45) is 5.92 Å². The summed E-state index contributed by atoms with van der Waals surface area (Å²) in [6.07, 6.45) is 11.2. The Bertz CT molecular complexity index is 567. The fourth-order valence-corrected chi connectivity index (χ4v) is 2.76. The second-order valence-electron chi connectivity index (χ2n) is 6.11. The summed E-state index contributed by atoms with van der Waals surface area (Å²) in [6, 6.07) is 0.366. The van der Waals surface area contributed by atoms with Crippen LogP contribution in [0.4, 0.5) is 0 Å². The Balaban J connectivity index is 1.68. The highest BCUT2D eigenvalue weighted by Gasteiger charge is 2.14. The predicted molar refractivity (Wildman–Crippen MR) is 82.9 cm³/mol. The van der Waals surface area contributed by atoms with E-state index < -0.39 is 0 Å². The van der Waals surface area contributed by atoms with Gasteiger partial charge in [0.25, 0.3) is 0 Å². The zero-order valence-electron chi connectivity index (χ0n) is 12.8. The monoisotopic (exact) mass is 285 g/mol. The molecule has 2 aromatic heterocycles. The summed E-state index contributed by atoms with van der Waals surface area (Å²) in [4.78, 5) is 9.13. The maximum Gasteiger partial charge on any atom is 0.0916 e. The highest BCUT2D eigenvalue weighted by molar-refractivity contribution is 5.55. The molecular weight excluding hydrogens is 262 g/mol. The molecule has 1 aliphatic heterocycles. The van der Waals surface area contributed by atoms with Crippen molar-refractivity contribution in [3.8, 4) is 11.3 Å². The molecule has 5 heteroatoms. The zero-order chi connectivity index (χ0) is 14.7. The van der Waals surface area contributed by atoms with Crippen LogP contribution in [0.3, 0.4) is 0 Å². The molecule has 1 aliphatic rings. The van der Waals surface area contributed by atoms with Crippen molar-refractivity contribution in [3.63, 3.8) is 0 Å². The molecule has 3 heterocycles. The smallest absolute Gasteiger partial charge is 0.0916 e. The fraction of sp³-hybridized carbons (Fsp3) is 0.562. The molecule has 0 saturated carbocycles. The van der Waals surface area contributed by atoms with Crippen molar-refractivity contribution < 1.29 is 0 Å². The fourth-order valence-electron chi connectivity index (χ4n) is 2.76. The topological polar surface area (TPSA) is 55.6 Å². The number of nitrogens with zero attached hydrogens (tertiary/aromatic N) is 4. The zero-order valence-corrected chi connectivity index (χ0v) is 12.8. The highest BCUT2D eigenvalue weighted by atomic mass is 15.3. The lowest BCUT2D eigenvalue weighted by molar-refractivity contribution is 0.373. The van der Waals surface area contributed by atoms with E-state index in [1.807, 2.05) is 29.5 Å². The largest absolute Gasteiger partial charge is 0.316 e. The van der Waals surface area contributed by atoms with Gasteiger partial charge < -0.3 is 5.32 Å². The van der Waals surface area contributed by atoms with Crippen molar-refractivity contribution in [2.75, 3.05) is 13.1 Å². The third kappa shape index (κ3) is 3.47. The summed E-state index contributed by atoms with van der Waals surface area (Å²) < 4.78 is 1.94. The van der Waals surface area contributed by atoms with Gasteiger partial charge in [-0.1, -0.05) is 0 Å². The standard InChI is InChI=1S/C16H23N5/c1-12(2)21-11-14(8-20-21)16-10-18-15(9-19-16)6-13-4-3-5-17-7-13/h8-13,17H,3-7H2,1-2H3. The van der Waals surface area contributed by atoms with Crippen LogP contribution in [-0.4, -0.2) is 32.8 Å². The Morgan fingerprint density at radius 2 is 2.19 bits per heavy atom. The SMILES string of the molecule is CC(C)n1cc(-c2cnc(CC3CCCNC3)cn2)cn1. The molecule has 0 radical (unpaired) electrons. The number of piperidine rings is 1. The van der Waals surface area contributed by atoms with Crippen LogP contribution < -0.4 is 5.32 Å². The first-order chi connectivity index (χ1) is 10.2. The minimum Gasteiger partial charge on any atom is -0.316 e. The van der Waals surface area contributed by atoms with Crippen molar-refractivity contribution in [1.82, 2.24) is 25.1 Å². The molecule has 0 aliphatic carbocycles. The molecule has 1 N–H and O–H groups in total. The molecule has 0 spiro atoms. The summed E-state index contributed by atoms with van der Waals surface area (Å²) >= 11 is 0. The summed E-state index contributed by atoms with van der Waals surface area (Å²) in [5.41, 5.74) is 3.01. The van der Waals surface area contributed by atoms with Gasteiger partial charge in [0.2, 0.25) is 0 Å². The molecule has 3 rings (SSSR count). The minimum absolute atomic E-state index is 0.366. The third-order valence-corrected chi connectivity index (χ3v) is 4.03. The molecule has 2 aromatic rings. The van der Waals surface area contributed by atoms with E-state index in [1.54, 1.807) is 0 Å². The number of rotatable bonds is 4. The van der Waals surface area contributed by atoms with Crippen LogP contribution in [0.25, 0.3) is 11.3 Å². The Labute approximate surface area is 125 Å². The van der Waals surface area contributed by atoms with Gasteiger partial charge in [0.05, 0.1) is 23.8 Å². The van der Waals surface area contributed by atoms with E-state index >= 15 is 0 Å². The Morgan fingerprint density at radius 1 is 1.29 bits per heavy atom. The number of nitrogens with one attached hydrogen (secondary N) is 1. The van der Waals surface area contributed by atoms with Gasteiger partial charge >= 0.3 is 0 Å². The van der Waals surface area contributed by atoms with Crippen molar-refractivity contribution in [2.45, 2.75) is 39.2 Å². The van der Waals surface area contributed by atoms with Gasteiger partial charge in [-0.25, -0.2) is 0 Å². The lowest BCUT2D eigenvalue weighted by Crippen LogP contribution is -2.31. The van der Waals surface area contributed by atoms with E-state index in [0.29, 0.717) is 12.0 Å². The van der Waals surface area contributed by atoms with Crippen LogP contribution in [0.2, 0.25) is 0 Å². The predicted octanol–water partition coefficient (Wildman–Crippen LogP) is 2.46. The third-order valence-electron chi connectivity index (χ3n) is 4.03. The lowest BCUT2D eigenvalue weighted by Gasteiger charge is -2.22. The number of aromatic nitrogens is 4. The summed E-state index contributed by atoms with van der Waals surface area (Å²) in [5, 5.41) is 7.80. The number of hydrogen-bond acceptors (Lipinski definition) is 4. The first kappa shape index (κ1) is 14.2. The van der Waals surface area contributed by atoms with Crippen molar-refractivity contribution >= 4 is 0 Å². The van der Waals surface area contributed by atoms with Crippen LogP contribution in [0.15, 0.2) is 24.8 Å². The van der Waals surface area contributed by atoms with E-state index in [2.05, 4.69) is 34.2 Å². The summed E-state index contributed by atoms with van der Waals surface area (Å²) in [5.74, 6) is 0.697. The van der Waals surface area contributed by atoms with Gasteiger partial charge in [0, 0.05) is 24.0 Å². The van der Waals surface area contributed by atoms with E-state index in [4.69, 9.17) is 0 Å². The van der Waals surface area contributed by atoms with Gasteiger partial charge in [-0.3, -0.25) is 14.6 Å². The van der Waals surface area contributed by atoms with Gasteiger partial charge in [-0.2, -0.15) is 5.10 Å². The van der Waals surface area contributed by atoms with Crippen LogP contribution in [-0.2, 0) is 6.42 Å². The van der Waals surface area contributed by atoms with Gasteiger partial charge in [-0.15, -0.1) is 0 Å². The normalized spacial score (nSPS) is 19.1. The van der Waals surface area contributed by atoms with Crippen molar-refractivity contribution in [1.29, 1.82) is 0 Å². The van der Waals surface area contributed by atoms with E-state index in [0.717, 1.165) is 36.5 Å². The van der Waals surface area contributed by atoms with Gasteiger partial charge in [0.15, 0.2) is 0 Å². The van der Waals surface area contributed by atoms with Crippen LogP contribution in [0.1, 0.15) is 38.4 Å². The Hall–Kier alpha value is -1.75. The van der Waals surface area contributed by atoms with Crippen LogP contribution in [0.5, 0.6) is 0 Å². The van der Waals surface area contributed by atoms with Crippen LogP contribution in [0, 0.1) is 5.92 Å². The first-order valence-corrected chi connectivity index (χ1v) is 7.78. The summed E-state index contributed by atoms with van der Waals surface area (Å²) in [7, 11) is 0. The van der Waals surface area contributed by atoms with E-state index in [1.165, 1.54) is 12.8 Å². The van der Waals surface area contributed by atoms with Crippen LogP contribution >= 0.6 is 0 Å². The molecule has 1 unspecified atom stereocenters. The molecule has 0 bridgehead atoms. The van der Waals surface area contributed by atoms with E-state index in [-0.39, 0.29) is 0 Å². The lowest BCUT2D eigenvalue weighted by atomic mass is 9.95. The molecule has 1 fully saturated rings. The van der Waals surface area contributed by atoms with Gasteiger partial charge in [0.1, 0.15) is 0 Å². The molecular formula is C16H23N5. The minimum atomic E-state index is 0.366. The quantitative estimate of drug-likeness (QED) is 0.937. The molecule has 0 amide bonds. The second kappa shape index (κ2) is 6.35. The Kier molecular flexibility index (Phi) is 4.29. The molecule has 112 valence electrons. The summed E-state index contributed by atoms with van der Waals surface area (Å²) in [6.45, 7) is 6.49. The average Bonchev–Trinajstić information content (AvgIpc) is 2.99. The Morgan fingerprint density at radius 3 is 2.81 bits per heavy atom.